The van der Waals surface area contributed by atoms with Gasteiger partial charge < -0.3 is 4.42 Å². The number of furan rings is 1. The average Bonchev–Trinajstić information content (AvgIpc) is 3.74. The van der Waals surface area contributed by atoms with Crippen molar-refractivity contribution in [3.8, 4) is 39.9 Å². The molecule has 0 unspecified atom stereocenters. The van der Waals surface area contributed by atoms with Crippen LogP contribution in [-0.4, -0.2) is 24.5 Å². The molecule has 6 heteroatoms. The molecule has 0 amide bonds. The van der Waals surface area contributed by atoms with Crippen LogP contribution in [0.5, 0.6) is 0 Å². The Morgan fingerprint density at radius 2 is 1.06 bits per heavy atom. The molecule has 242 valence electrons. The largest absolute Gasteiger partial charge is 0.452 e. The molecule has 0 saturated carbocycles. The van der Waals surface area contributed by atoms with Gasteiger partial charge >= 0.3 is 0 Å². The number of hydrogen-bond acceptors (Lipinski definition) is 5. The minimum absolute atomic E-state index is 0.598. The van der Waals surface area contributed by atoms with Crippen molar-refractivity contribution >= 4 is 65.6 Å². The SMILES string of the molecule is c1ccc(-c2nc(-c3ccccc3)c3oc4cc5c(cc4c3n2)c2ccccc2n5-c2nc(-c3ccccc3)c3ccc4ccccc4c3n2)cc1. The van der Waals surface area contributed by atoms with E-state index < -0.39 is 0 Å². The van der Waals surface area contributed by atoms with Gasteiger partial charge in [0.25, 0.3) is 0 Å². The van der Waals surface area contributed by atoms with E-state index in [0.29, 0.717) is 17.4 Å². The highest BCUT2D eigenvalue weighted by Crippen LogP contribution is 2.41. The van der Waals surface area contributed by atoms with E-state index in [2.05, 4.69) is 114 Å². The Labute approximate surface area is 297 Å². The lowest BCUT2D eigenvalue weighted by molar-refractivity contribution is 0.667. The summed E-state index contributed by atoms with van der Waals surface area (Å²) in [5.41, 5.74) is 9.63. The van der Waals surface area contributed by atoms with Crippen LogP contribution in [0.3, 0.4) is 0 Å². The normalized spacial score (nSPS) is 11.8. The minimum Gasteiger partial charge on any atom is -0.452 e. The van der Waals surface area contributed by atoms with E-state index in [9.17, 15) is 0 Å². The summed E-state index contributed by atoms with van der Waals surface area (Å²) in [6.45, 7) is 0. The molecule has 11 aromatic rings. The number of hydrogen-bond donors (Lipinski definition) is 0. The van der Waals surface area contributed by atoms with Crippen molar-refractivity contribution in [3.63, 3.8) is 0 Å². The number of nitrogens with zero attached hydrogens (tertiary/aromatic N) is 5. The summed E-state index contributed by atoms with van der Waals surface area (Å²) in [6, 6.07) is 56.1. The van der Waals surface area contributed by atoms with Crippen LogP contribution in [0.1, 0.15) is 0 Å². The minimum atomic E-state index is 0.598. The lowest BCUT2D eigenvalue weighted by Crippen LogP contribution is -2.03. The van der Waals surface area contributed by atoms with Crippen LogP contribution in [0.4, 0.5) is 0 Å². The molecule has 0 saturated heterocycles. The fourth-order valence-corrected chi connectivity index (χ4v) is 7.60. The van der Waals surface area contributed by atoms with Gasteiger partial charge in [0, 0.05) is 49.7 Å². The summed E-state index contributed by atoms with van der Waals surface area (Å²) in [4.78, 5) is 20.9. The van der Waals surface area contributed by atoms with E-state index in [-0.39, 0.29) is 0 Å². The van der Waals surface area contributed by atoms with E-state index in [1.54, 1.807) is 0 Å². The van der Waals surface area contributed by atoms with Crippen LogP contribution in [-0.2, 0) is 0 Å². The van der Waals surface area contributed by atoms with Gasteiger partial charge in [0.1, 0.15) is 16.8 Å². The van der Waals surface area contributed by atoms with Crippen LogP contribution in [0.2, 0.25) is 0 Å². The first-order chi connectivity index (χ1) is 25.8. The fourth-order valence-electron chi connectivity index (χ4n) is 7.60. The molecule has 6 nitrogen and oxygen atoms in total. The molecule has 4 heterocycles. The van der Waals surface area contributed by atoms with Crippen molar-refractivity contribution in [1.29, 1.82) is 0 Å². The van der Waals surface area contributed by atoms with Gasteiger partial charge in [-0.05, 0) is 23.6 Å². The van der Waals surface area contributed by atoms with Gasteiger partial charge in [0.15, 0.2) is 11.4 Å². The summed E-state index contributed by atoms with van der Waals surface area (Å²) in [5.74, 6) is 1.25. The number of rotatable bonds is 4. The molecule has 0 aliphatic rings. The van der Waals surface area contributed by atoms with Crippen molar-refractivity contribution in [2.45, 2.75) is 0 Å². The monoisotopic (exact) mass is 665 g/mol. The Kier molecular flexibility index (Phi) is 6.15. The molecule has 4 aromatic heterocycles. The molecule has 0 fully saturated rings. The molecule has 0 N–H and O–H groups in total. The van der Waals surface area contributed by atoms with E-state index in [4.69, 9.17) is 24.4 Å². The van der Waals surface area contributed by atoms with Crippen molar-refractivity contribution in [1.82, 2.24) is 24.5 Å². The molecule has 52 heavy (non-hydrogen) atoms. The number of benzene rings is 7. The second kappa shape index (κ2) is 11.2. The number of fused-ring (bicyclic) bond motifs is 9. The number of aromatic nitrogens is 5. The van der Waals surface area contributed by atoms with E-state index in [0.717, 1.165) is 88.0 Å². The van der Waals surface area contributed by atoms with Crippen molar-refractivity contribution in [2.24, 2.45) is 0 Å². The lowest BCUT2D eigenvalue weighted by Gasteiger charge is -2.13. The Morgan fingerprint density at radius 3 is 1.83 bits per heavy atom. The third-order valence-electron chi connectivity index (χ3n) is 10.0. The second-order valence-electron chi connectivity index (χ2n) is 13.0. The van der Waals surface area contributed by atoms with E-state index in [1.165, 1.54) is 0 Å². The molecule has 0 bridgehead atoms. The van der Waals surface area contributed by atoms with Gasteiger partial charge in [-0.1, -0.05) is 140 Å². The Balaban J connectivity index is 1.24. The van der Waals surface area contributed by atoms with Gasteiger partial charge in [0.2, 0.25) is 5.95 Å². The first-order valence-electron chi connectivity index (χ1n) is 17.3. The highest BCUT2D eigenvalue weighted by molar-refractivity contribution is 6.18. The van der Waals surface area contributed by atoms with Crippen LogP contribution in [0, 0.1) is 0 Å². The zero-order chi connectivity index (χ0) is 34.2. The van der Waals surface area contributed by atoms with Gasteiger partial charge in [-0.25, -0.2) is 19.9 Å². The first-order valence-corrected chi connectivity index (χ1v) is 17.3. The van der Waals surface area contributed by atoms with Crippen LogP contribution in [0.15, 0.2) is 168 Å². The average molecular weight is 666 g/mol. The molecular weight excluding hydrogens is 639 g/mol. The molecular formula is C46H27N5O. The van der Waals surface area contributed by atoms with Gasteiger partial charge in [-0.2, -0.15) is 0 Å². The third-order valence-corrected chi connectivity index (χ3v) is 10.0. The van der Waals surface area contributed by atoms with E-state index >= 15 is 0 Å². The maximum absolute atomic E-state index is 6.77. The highest BCUT2D eigenvalue weighted by atomic mass is 16.3. The predicted octanol–water partition coefficient (Wildman–Crippen LogP) is 11.6. The predicted molar refractivity (Wildman–Crippen MR) is 211 cm³/mol. The highest BCUT2D eigenvalue weighted by Gasteiger charge is 2.23. The Hall–Kier alpha value is -7.18. The quantitative estimate of drug-likeness (QED) is 0.175. The van der Waals surface area contributed by atoms with Crippen LogP contribution >= 0.6 is 0 Å². The molecule has 0 aliphatic carbocycles. The summed E-state index contributed by atoms with van der Waals surface area (Å²) in [6.07, 6.45) is 0. The molecule has 11 rings (SSSR count). The smallest absolute Gasteiger partial charge is 0.235 e. The maximum Gasteiger partial charge on any atom is 0.235 e. The standard InChI is InChI=1S/C46H27N5O/c1-4-15-29(16-5-1)40-34-25-24-28-14-10-11-21-32(28)42(34)50-46(49-40)51-37-23-13-12-22-33(37)35-26-36-39(27-38(35)51)52-44-41(30-17-6-2-7-18-30)47-45(48-43(36)44)31-19-8-3-9-20-31/h1-27H. The molecule has 0 spiro atoms. The van der Waals surface area contributed by atoms with Crippen molar-refractivity contribution in [3.05, 3.63) is 164 Å². The van der Waals surface area contributed by atoms with Crippen LogP contribution in [0.25, 0.3) is 105 Å². The molecule has 0 aliphatic heterocycles. The first kappa shape index (κ1) is 28.6. The fraction of sp³-hybridized carbons (Fsp3) is 0. The molecule has 7 aromatic carbocycles. The Morgan fingerprint density at radius 1 is 0.404 bits per heavy atom. The summed E-state index contributed by atoms with van der Waals surface area (Å²) >= 11 is 0. The molecule has 0 atom stereocenters. The molecule has 0 radical (unpaired) electrons. The maximum atomic E-state index is 6.77. The summed E-state index contributed by atoms with van der Waals surface area (Å²) in [7, 11) is 0. The van der Waals surface area contributed by atoms with Gasteiger partial charge in [-0.15, -0.1) is 0 Å². The second-order valence-corrected chi connectivity index (χ2v) is 13.0. The third kappa shape index (κ3) is 4.31. The summed E-state index contributed by atoms with van der Waals surface area (Å²) < 4.78 is 8.94. The van der Waals surface area contributed by atoms with Crippen LogP contribution < -0.4 is 0 Å². The van der Waals surface area contributed by atoms with Crippen molar-refractivity contribution < 1.29 is 4.42 Å². The Bertz CT molecular complexity index is 3170. The van der Waals surface area contributed by atoms with E-state index in [1.807, 2.05) is 54.6 Å². The number of para-hydroxylation sites is 1. The lowest BCUT2D eigenvalue weighted by atomic mass is 10.0. The van der Waals surface area contributed by atoms with Crippen molar-refractivity contribution in [2.75, 3.05) is 0 Å². The van der Waals surface area contributed by atoms with Gasteiger partial charge in [0.05, 0.1) is 22.2 Å². The van der Waals surface area contributed by atoms with Gasteiger partial charge in [-0.3, -0.25) is 4.57 Å². The zero-order valence-electron chi connectivity index (χ0n) is 27.7. The zero-order valence-corrected chi connectivity index (χ0v) is 27.7. The summed E-state index contributed by atoms with van der Waals surface area (Å²) in [5, 5.41) is 6.32. The topological polar surface area (TPSA) is 69.6 Å².